The van der Waals surface area contributed by atoms with E-state index in [0.717, 1.165) is 4.83 Å². The summed E-state index contributed by atoms with van der Waals surface area (Å²) >= 11 is 1.34. The molecule has 0 saturated carbocycles. The molecule has 8 nitrogen and oxygen atoms in total. The Kier molecular flexibility index (Phi) is 4.82. The molecule has 0 aromatic carbocycles. The number of aliphatic hydroxyl groups is 2. The Hall–Kier alpha value is -1.23. The van der Waals surface area contributed by atoms with Crippen LogP contribution < -0.4 is 34.7 Å². The normalized spacial score (nSPS) is 23.5. The number of aliphatic carboxylic acids is 1. The standard InChI is InChI=1S/C15H15N3O5S.Na/c1-6(20)11-9-2-7(12(15(22)23)18(9)13(11)21)10-4-24-14-8(3-19)16-5-17(10)14;/h4-6,9,11,19-20H,2-3H2,1H3,(H,22,23);/q;+1/p-1/t6-,9-,11-;/m1./s1. The van der Waals surface area contributed by atoms with E-state index >= 15 is 0 Å². The molecule has 2 aliphatic rings. The fourth-order valence-corrected chi connectivity index (χ4v) is 4.64. The van der Waals surface area contributed by atoms with E-state index in [1.165, 1.54) is 29.5 Å². The number of nitrogens with zero attached hydrogens (tertiary/aromatic N) is 3. The zero-order valence-electron chi connectivity index (χ0n) is 13.7. The molecule has 4 rings (SSSR count). The van der Waals surface area contributed by atoms with Gasteiger partial charge in [0.05, 0.1) is 42.0 Å². The van der Waals surface area contributed by atoms with Crippen LogP contribution in [0, 0.1) is 5.92 Å². The van der Waals surface area contributed by atoms with Gasteiger partial charge in [-0.2, -0.15) is 0 Å². The van der Waals surface area contributed by atoms with Gasteiger partial charge in [-0.05, 0) is 13.3 Å². The Balaban J connectivity index is 0.00000182. The van der Waals surface area contributed by atoms with Crippen molar-refractivity contribution in [3.8, 4) is 0 Å². The summed E-state index contributed by atoms with van der Waals surface area (Å²) in [7, 11) is 0. The summed E-state index contributed by atoms with van der Waals surface area (Å²) in [5.41, 5.74) is 1.49. The van der Waals surface area contributed by atoms with Crippen molar-refractivity contribution < 1.29 is 54.5 Å². The Morgan fingerprint density at radius 1 is 1.56 bits per heavy atom. The molecular weight excluding hydrogens is 357 g/mol. The number of β-lactam (4-membered cyclic amide) rings is 1. The van der Waals surface area contributed by atoms with Crippen molar-refractivity contribution in [1.82, 2.24) is 14.3 Å². The number of hydrogen-bond acceptors (Lipinski definition) is 7. The third-order valence-corrected chi connectivity index (χ3v) is 5.71. The SMILES string of the molecule is C[C@@H](O)[C@H]1C(=O)N2C(C(=O)[O-])=C(c3csc4c(CO)ncn34)C[C@H]12.[Na+]. The Bertz CT molecular complexity index is 902. The second kappa shape index (κ2) is 6.49. The first-order valence-corrected chi connectivity index (χ1v) is 8.34. The van der Waals surface area contributed by atoms with Gasteiger partial charge in [-0.1, -0.05) is 0 Å². The second-order valence-corrected chi connectivity index (χ2v) is 6.86. The molecule has 1 amide bonds. The van der Waals surface area contributed by atoms with Crippen molar-refractivity contribution in [3.05, 3.63) is 28.8 Å². The van der Waals surface area contributed by atoms with Gasteiger partial charge in [0, 0.05) is 11.0 Å². The molecule has 1 fully saturated rings. The second-order valence-electron chi connectivity index (χ2n) is 6.01. The summed E-state index contributed by atoms with van der Waals surface area (Å²) in [5, 5.41) is 32.5. The minimum absolute atomic E-state index is 0. The van der Waals surface area contributed by atoms with Gasteiger partial charge in [-0.15, -0.1) is 11.3 Å². The molecule has 126 valence electrons. The van der Waals surface area contributed by atoms with Crippen molar-refractivity contribution in [2.24, 2.45) is 5.92 Å². The predicted molar refractivity (Wildman–Crippen MR) is 81.3 cm³/mol. The van der Waals surface area contributed by atoms with Crippen LogP contribution >= 0.6 is 11.3 Å². The van der Waals surface area contributed by atoms with Crippen molar-refractivity contribution in [2.75, 3.05) is 0 Å². The van der Waals surface area contributed by atoms with E-state index in [4.69, 9.17) is 0 Å². The summed E-state index contributed by atoms with van der Waals surface area (Å²) in [6.45, 7) is 1.32. The van der Waals surface area contributed by atoms with E-state index in [1.807, 2.05) is 0 Å². The van der Waals surface area contributed by atoms with Crippen LogP contribution in [0.4, 0.5) is 0 Å². The largest absolute Gasteiger partial charge is 1.00 e. The molecule has 0 unspecified atom stereocenters. The number of thiazole rings is 1. The molecule has 10 heteroatoms. The number of rotatable bonds is 4. The molecular formula is C15H14N3NaO5S. The fraction of sp³-hybridized carbons (Fsp3) is 0.400. The van der Waals surface area contributed by atoms with E-state index in [-0.39, 0.29) is 47.9 Å². The molecule has 0 radical (unpaired) electrons. The molecule has 0 aliphatic carbocycles. The van der Waals surface area contributed by atoms with Crippen LogP contribution in [0.1, 0.15) is 24.7 Å². The van der Waals surface area contributed by atoms with Crippen LogP contribution in [0.2, 0.25) is 0 Å². The van der Waals surface area contributed by atoms with E-state index in [2.05, 4.69) is 4.98 Å². The van der Waals surface area contributed by atoms with Gasteiger partial charge in [-0.25, -0.2) is 4.98 Å². The summed E-state index contributed by atoms with van der Waals surface area (Å²) in [6.07, 6.45) is 1.03. The quantitative estimate of drug-likeness (QED) is 0.417. The molecule has 0 spiro atoms. The average Bonchev–Trinajstić information content (AvgIpc) is 3.17. The van der Waals surface area contributed by atoms with Crippen LogP contribution in [0.15, 0.2) is 17.4 Å². The van der Waals surface area contributed by atoms with Gasteiger partial charge in [0.2, 0.25) is 5.91 Å². The Labute approximate surface area is 168 Å². The zero-order chi connectivity index (χ0) is 17.2. The number of carboxylic acid groups (broad SMARTS) is 1. The molecule has 1 saturated heterocycles. The van der Waals surface area contributed by atoms with Gasteiger partial charge in [0.1, 0.15) is 16.9 Å². The minimum atomic E-state index is -1.41. The predicted octanol–water partition coefficient (Wildman–Crippen LogP) is -4.04. The number of fused-ring (bicyclic) bond motifs is 2. The van der Waals surface area contributed by atoms with E-state index in [9.17, 15) is 24.9 Å². The van der Waals surface area contributed by atoms with Gasteiger partial charge in [0.15, 0.2) is 0 Å². The third kappa shape index (κ3) is 2.49. The van der Waals surface area contributed by atoms with Crippen LogP contribution in [0.25, 0.3) is 10.4 Å². The van der Waals surface area contributed by atoms with Crippen molar-refractivity contribution in [2.45, 2.75) is 32.1 Å². The molecule has 2 N–H and O–H groups in total. The van der Waals surface area contributed by atoms with Gasteiger partial charge in [0.25, 0.3) is 0 Å². The van der Waals surface area contributed by atoms with Crippen molar-refractivity contribution in [3.63, 3.8) is 0 Å². The minimum Gasteiger partial charge on any atom is -0.543 e. The number of aliphatic hydroxyl groups excluding tert-OH is 2. The maximum Gasteiger partial charge on any atom is 1.00 e. The van der Waals surface area contributed by atoms with E-state index < -0.39 is 23.9 Å². The molecule has 25 heavy (non-hydrogen) atoms. The Morgan fingerprint density at radius 2 is 2.28 bits per heavy atom. The first kappa shape index (κ1) is 18.6. The van der Waals surface area contributed by atoms with E-state index in [1.54, 1.807) is 9.78 Å². The Morgan fingerprint density at radius 3 is 2.88 bits per heavy atom. The van der Waals surface area contributed by atoms with Gasteiger partial charge in [-0.3, -0.25) is 9.20 Å². The average molecular weight is 371 g/mol. The molecule has 2 aromatic heterocycles. The zero-order valence-corrected chi connectivity index (χ0v) is 16.5. The van der Waals surface area contributed by atoms with Crippen LogP contribution in [0.5, 0.6) is 0 Å². The maximum absolute atomic E-state index is 12.2. The number of hydrogen-bond donors (Lipinski definition) is 2. The van der Waals surface area contributed by atoms with Gasteiger partial charge >= 0.3 is 29.6 Å². The summed E-state index contributed by atoms with van der Waals surface area (Å²) in [5.74, 6) is -2.40. The van der Waals surface area contributed by atoms with E-state index in [0.29, 0.717) is 23.4 Å². The van der Waals surface area contributed by atoms with Crippen molar-refractivity contribution >= 4 is 33.6 Å². The molecule has 2 aromatic rings. The molecule has 2 aliphatic heterocycles. The van der Waals surface area contributed by atoms with Crippen LogP contribution in [0.3, 0.4) is 0 Å². The molecule has 4 heterocycles. The number of carboxylic acids is 1. The first-order valence-electron chi connectivity index (χ1n) is 7.46. The number of aromatic nitrogens is 2. The molecule has 0 bridgehead atoms. The third-order valence-electron chi connectivity index (χ3n) is 4.72. The summed E-state index contributed by atoms with van der Waals surface area (Å²) < 4.78 is 1.71. The number of carbonyl (C=O) groups is 2. The smallest absolute Gasteiger partial charge is 0.543 e. The number of imidazole rings is 1. The number of carbonyl (C=O) groups excluding carboxylic acids is 2. The number of amides is 1. The van der Waals surface area contributed by atoms with Gasteiger partial charge < -0.3 is 25.0 Å². The molecule has 3 atom stereocenters. The topological polar surface area (TPSA) is 118 Å². The van der Waals surface area contributed by atoms with Crippen molar-refractivity contribution in [1.29, 1.82) is 0 Å². The summed E-state index contributed by atoms with van der Waals surface area (Å²) in [6, 6.07) is -0.365. The maximum atomic E-state index is 12.2. The van der Waals surface area contributed by atoms with Crippen LogP contribution in [-0.4, -0.2) is 48.5 Å². The first-order chi connectivity index (χ1) is 11.5. The summed E-state index contributed by atoms with van der Waals surface area (Å²) in [4.78, 5) is 29.9. The fourth-order valence-electron chi connectivity index (χ4n) is 3.65. The van der Waals surface area contributed by atoms with Crippen LogP contribution in [-0.2, 0) is 16.2 Å². The monoisotopic (exact) mass is 371 g/mol.